The van der Waals surface area contributed by atoms with Crippen LogP contribution < -0.4 is 15.9 Å². The minimum atomic E-state index is -2.58. The first-order valence-electron chi connectivity index (χ1n) is 10.3. The molecule has 1 aliphatic heterocycles. The third-order valence-electron chi connectivity index (χ3n) is 5.67. The first-order chi connectivity index (χ1) is 14.9. The average Bonchev–Trinajstić information content (AvgIpc) is 3.39. The van der Waals surface area contributed by atoms with E-state index >= 15 is 0 Å². The topological polar surface area (TPSA) is 106 Å². The Morgan fingerprint density at radius 3 is 2.94 bits per heavy atom. The second-order valence-corrected chi connectivity index (χ2v) is 12.4. The molecule has 0 bridgehead atoms. The summed E-state index contributed by atoms with van der Waals surface area (Å²) in [5, 5.41) is 20.0. The highest BCUT2D eigenvalue weighted by Gasteiger charge is 2.22. The molecule has 4 heterocycles. The zero-order valence-electron chi connectivity index (χ0n) is 17.4. The summed E-state index contributed by atoms with van der Waals surface area (Å²) in [6.07, 6.45) is 4.11. The lowest BCUT2D eigenvalue weighted by atomic mass is 10.1. The molecule has 1 aromatic carbocycles. The van der Waals surface area contributed by atoms with Crippen LogP contribution in [-0.4, -0.2) is 47.4 Å². The van der Waals surface area contributed by atoms with E-state index < -0.39 is 7.14 Å². The number of nitrogens with one attached hydrogen (secondary N) is 3. The van der Waals surface area contributed by atoms with Crippen LogP contribution in [0.15, 0.2) is 29.8 Å². The van der Waals surface area contributed by atoms with E-state index in [0.29, 0.717) is 22.9 Å². The van der Waals surface area contributed by atoms with E-state index in [9.17, 15) is 9.83 Å². The predicted octanol–water partition coefficient (Wildman–Crippen LogP) is 4.12. The molecule has 1 fully saturated rings. The summed E-state index contributed by atoms with van der Waals surface area (Å²) in [6.45, 7) is 5.40. The molecule has 0 amide bonds. The van der Waals surface area contributed by atoms with Gasteiger partial charge in [-0.05, 0) is 56.3 Å². The number of nitriles is 1. The van der Waals surface area contributed by atoms with Gasteiger partial charge in [0.1, 0.15) is 7.14 Å². The minimum absolute atomic E-state index is 0.295. The molecular weight excluding hydrogens is 427 g/mol. The molecule has 5 rings (SSSR count). The number of piperidine rings is 1. The van der Waals surface area contributed by atoms with Crippen molar-refractivity contribution in [3.05, 3.63) is 35.3 Å². The van der Waals surface area contributed by atoms with Gasteiger partial charge in [-0.1, -0.05) is 0 Å². The Morgan fingerprint density at radius 2 is 2.19 bits per heavy atom. The maximum absolute atomic E-state index is 12.9. The predicted molar refractivity (Wildman–Crippen MR) is 128 cm³/mol. The number of rotatable bonds is 4. The van der Waals surface area contributed by atoms with Gasteiger partial charge in [-0.15, -0.1) is 11.3 Å². The first kappa shape index (κ1) is 20.2. The van der Waals surface area contributed by atoms with Gasteiger partial charge in [0.25, 0.3) is 0 Å². The number of benzene rings is 1. The lowest BCUT2D eigenvalue weighted by Crippen LogP contribution is -2.38. The van der Waals surface area contributed by atoms with E-state index in [1.807, 2.05) is 23.7 Å². The number of nitrogens with zero attached hydrogens (tertiary/aromatic N) is 3. The van der Waals surface area contributed by atoms with Crippen LogP contribution in [0.25, 0.3) is 32.4 Å². The Hall–Kier alpha value is -2.72. The van der Waals surface area contributed by atoms with Crippen LogP contribution in [0.3, 0.4) is 0 Å². The number of aromatic amines is 1. The zero-order valence-corrected chi connectivity index (χ0v) is 19.1. The second kappa shape index (κ2) is 7.76. The van der Waals surface area contributed by atoms with Crippen LogP contribution in [0.1, 0.15) is 18.4 Å². The fourth-order valence-corrected chi connectivity index (χ4v) is 6.17. The molecule has 0 aliphatic carbocycles. The van der Waals surface area contributed by atoms with E-state index in [1.54, 1.807) is 30.7 Å². The third kappa shape index (κ3) is 3.74. The number of aromatic nitrogens is 3. The molecule has 4 aromatic rings. The second-order valence-electron chi connectivity index (χ2n) is 8.30. The summed E-state index contributed by atoms with van der Waals surface area (Å²) >= 11 is 1.60. The van der Waals surface area contributed by atoms with E-state index in [2.05, 4.69) is 21.7 Å². The van der Waals surface area contributed by atoms with E-state index in [-0.39, 0.29) is 0 Å². The third-order valence-corrected chi connectivity index (χ3v) is 8.09. The standard InChI is InChI=1S/C22H23N6OPS/c1-30(2,29)18-9-13(10-23)8-15-16(12-25-19(15)18)20-21-17(5-7-31-21)27-22(28-20)26-14-4-3-6-24-11-14/h5,7-9,12,14,24-25H,3-4,6,11H2,1-2H3,(H,26,27,28)/t14-/m0/s1. The Balaban J connectivity index is 1.69. The number of thiophene rings is 1. The lowest BCUT2D eigenvalue weighted by Gasteiger charge is -2.24. The Labute approximate surface area is 184 Å². The van der Waals surface area contributed by atoms with Gasteiger partial charge in [0.15, 0.2) is 0 Å². The van der Waals surface area contributed by atoms with Crippen molar-refractivity contribution >= 4 is 50.9 Å². The van der Waals surface area contributed by atoms with Gasteiger partial charge in [-0.2, -0.15) is 5.26 Å². The van der Waals surface area contributed by atoms with Crippen molar-refractivity contribution in [3.63, 3.8) is 0 Å². The molecule has 31 heavy (non-hydrogen) atoms. The molecule has 9 heteroatoms. The summed E-state index contributed by atoms with van der Waals surface area (Å²) in [7, 11) is -2.58. The largest absolute Gasteiger partial charge is 0.360 e. The quantitative estimate of drug-likeness (QED) is 0.404. The highest BCUT2D eigenvalue weighted by molar-refractivity contribution is 7.70. The number of anilines is 1. The molecule has 3 aromatic heterocycles. The van der Waals surface area contributed by atoms with Crippen molar-refractivity contribution < 1.29 is 4.57 Å². The molecule has 0 unspecified atom stereocenters. The molecule has 0 radical (unpaired) electrons. The Morgan fingerprint density at radius 1 is 1.32 bits per heavy atom. The van der Waals surface area contributed by atoms with Gasteiger partial charge in [-0.3, -0.25) is 0 Å². The molecule has 0 spiro atoms. The summed E-state index contributed by atoms with van der Waals surface area (Å²) in [5.41, 5.74) is 3.90. The molecule has 7 nitrogen and oxygen atoms in total. The smallest absolute Gasteiger partial charge is 0.224 e. The molecule has 158 valence electrons. The van der Waals surface area contributed by atoms with Gasteiger partial charge in [0, 0.05) is 35.0 Å². The van der Waals surface area contributed by atoms with Crippen LogP contribution in [-0.2, 0) is 4.57 Å². The van der Waals surface area contributed by atoms with Crippen LogP contribution in [0, 0.1) is 11.3 Å². The fraction of sp³-hybridized carbons (Fsp3) is 0.318. The summed E-state index contributed by atoms with van der Waals surface area (Å²) < 4.78 is 13.9. The summed E-state index contributed by atoms with van der Waals surface area (Å²) in [5.74, 6) is 0.609. The number of hydrogen-bond donors (Lipinski definition) is 3. The number of fused-ring (bicyclic) bond motifs is 2. The van der Waals surface area contributed by atoms with Gasteiger partial charge < -0.3 is 20.2 Å². The van der Waals surface area contributed by atoms with Crippen molar-refractivity contribution in [3.8, 4) is 17.3 Å². The monoisotopic (exact) mass is 450 g/mol. The minimum Gasteiger partial charge on any atom is -0.360 e. The van der Waals surface area contributed by atoms with Crippen molar-refractivity contribution in [1.29, 1.82) is 5.26 Å². The SMILES string of the molecule is CP(C)(=O)c1cc(C#N)cc2c(-c3nc(N[C@H]4CCCNC4)nc4ccsc34)c[nH]c12. The molecule has 1 aliphatic rings. The maximum Gasteiger partial charge on any atom is 0.224 e. The molecular formula is C22H23N6OPS. The zero-order chi connectivity index (χ0) is 21.6. The van der Waals surface area contributed by atoms with E-state index in [4.69, 9.17) is 9.97 Å². The van der Waals surface area contributed by atoms with Crippen molar-refractivity contribution in [2.24, 2.45) is 0 Å². The fourth-order valence-electron chi connectivity index (χ4n) is 4.17. The maximum atomic E-state index is 12.9. The molecule has 0 saturated carbocycles. The molecule has 3 N–H and O–H groups in total. The van der Waals surface area contributed by atoms with Crippen molar-refractivity contribution in [2.45, 2.75) is 18.9 Å². The summed E-state index contributed by atoms with van der Waals surface area (Å²) in [6, 6.07) is 8.09. The van der Waals surface area contributed by atoms with Crippen molar-refractivity contribution in [1.82, 2.24) is 20.3 Å². The molecule has 1 atom stereocenters. The van der Waals surface area contributed by atoms with E-state index in [0.717, 1.165) is 58.3 Å². The van der Waals surface area contributed by atoms with Crippen molar-refractivity contribution in [2.75, 3.05) is 31.7 Å². The van der Waals surface area contributed by atoms with Crippen LogP contribution in [0.2, 0.25) is 0 Å². The van der Waals surface area contributed by atoms with Gasteiger partial charge in [0.05, 0.1) is 33.1 Å². The number of hydrogen-bond acceptors (Lipinski definition) is 7. The Kier molecular flexibility index (Phi) is 5.05. The Bertz CT molecular complexity index is 1370. The normalized spacial score (nSPS) is 17.1. The highest BCUT2D eigenvalue weighted by atomic mass is 32.1. The van der Waals surface area contributed by atoms with Gasteiger partial charge in [0.2, 0.25) is 5.95 Å². The summed E-state index contributed by atoms with van der Waals surface area (Å²) in [4.78, 5) is 12.9. The van der Waals surface area contributed by atoms with Crippen LogP contribution in [0.5, 0.6) is 0 Å². The van der Waals surface area contributed by atoms with Gasteiger partial charge >= 0.3 is 0 Å². The molecule has 1 saturated heterocycles. The number of H-pyrrole nitrogens is 1. The van der Waals surface area contributed by atoms with Gasteiger partial charge in [-0.25, -0.2) is 9.97 Å². The van der Waals surface area contributed by atoms with Crippen LogP contribution in [0.4, 0.5) is 5.95 Å². The lowest BCUT2D eigenvalue weighted by molar-refractivity contribution is 0.478. The van der Waals surface area contributed by atoms with E-state index in [1.165, 1.54) is 0 Å². The first-order valence-corrected chi connectivity index (χ1v) is 13.8. The highest BCUT2D eigenvalue weighted by Crippen LogP contribution is 2.41. The average molecular weight is 451 g/mol. The van der Waals surface area contributed by atoms with Crippen LogP contribution >= 0.6 is 18.5 Å².